The van der Waals surface area contributed by atoms with Crippen molar-refractivity contribution in [3.63, 3.8) is 0 Å². The molecule has 0 spiro atoms. The summed E-state index contributed by atoms with van der Waals surface area (Å²) >= 11 is 3.32. The van der Waals surface area contributed by atoms with Crippen LogP contribution in [0.3, 0.4) is 0 Å². The maximum atomic E-state index is 12.3. The Balaban J connectivity index is 2.23. The lowest BCUT2D eigenvalue weighted by Crippen LogP contribution is -2.39. The van der Waals surface area contributed by atoms with E-state index in [4.69, 9.17) is 0 Å². The molecule has 0 unspecified atom stereocenters. The van der Waals surface area contributed by atoms with Crippen molar-refractivity contribution >= 4 is 27.7 Å². The molecule has 108 valence electrons. The summed E-state index contributed by atoms with van der Waals surface area (Å²) in [6.07, 6.45) is 0. The smallest absolute Gasteiger partial charge is 0.252 e. The summed E-state index contributed by atoms with van der Waals surface area (Å²) in [7, 11) is 1.55. The summed E-state index contributed by atoms with van der Waals surface area (Å²) in [6.45, 7) is 0. The van der Waals surface area contributed by atoms with E-state index in [1.165, 1.54) is 0 Å². The molecule has 0 saturated carbocycles. The van der Waals surface area contributed by atoms with Gasteiger partial charge in [-0.3, -0.25) is 9.59 Å². The van der Waals surface area contributed by atoms with Gasteiger partial charge >= 0.3 is 0 Å². The second kappa shape index (κ2) is 7.04. The second-order valence-electron chi connectivity index (χ2n) is 4.44. The molecule has 0 aliphatic rings. The van der Waals surface area contributed by atoms with Crippen molar-refractivity contribution in [2.45, 2.75) is 6.04 Å². The fraction of sp³-hybridized carbons (Fsp3) is 0.125. The fourth-order valence-electron chi connectivity index (χ4n) is 1.93. The lowest BCUT2D eigenvalue weighted by Gasteiger charge is -2.17. The Morgan fingerprint density at radius 3 is 2.38 bits per heavy atom. The molecule has 1 atom stereocenters. The van der Waals surface area contributed by atoms with Gasteiger partial charge in [0.25, 0.3) is 5.91 Å². The molecule has 0 heterocycles. The molecule has 2 aromatic rings. The van der Waals surface area contributed by atoms with Gasteiger partial charge in [0.1, 0.15) is 6.04 Å². The summed E-state index contributed by atoms with van der Waals surface area (Å²) in [5.74, 6) is -0.557. The quantitative estimate of drug-likeness (QED) is 0.894. The maximum Gasteiger partial charge on any atom is 0.252 e. The first-order chi connectivity index (χ1) is 10.1. The molecule has 4 nitrogen and oxygen atoms in total. The van der Waals surface area contributed by atoms with Crippen LogP contribution >= 0.6 is 15.9 Å². The van der Waals surface area contributed by atoms with Crippen molar-refractivity contribution in [3.8, 4) is 0 Å². The van der Waals surface area contributed by atoms with Crippen molar-refractivity contribution in [1.82, 2.24) is 10.6 Å². The molecular formula is C16H15BrN2O2. The van der Waals surface area contributed by atoms with Crippen molar-refractivity contribution in [3.05, 3.63) is 70.2 Å². The van der Waals surface area contributed by atoms with Gasteiger partial charge in [0, 0.05) is 17.1 Å². The molecule has 2 rings (SSSR count). The van der Waals surface area contributed by atoms with Gasteiger partial charge < -0.3 is 10.6 Å². The van der Waals surface area contributed by atoms with Gasteiger partial charge in [0.15, 0.2) is 0 Å². The summed E-state index contributed by atoms with van der Waals surface area (Å²) in [6, 6.07) is 15.4. The van der Waals surface area contributed by atoms with Gasteiger partial charge in [-0.2, -0.15) is 0 Å². The number of likely N-dealkylation sites (N-methyl/N-ethyl adjacent to an activating group) is 1. The minimum atomic E-state index is -0.720. The van der Waals surface area contributed by atoms with E-state index in [9.17, 15) is 9.59 Å². The van der Waals surface area contributed by atoms with E-state index < -0.39 is 6.04 Å². The van der Waals surface area contributed by atoms with Crippen LogP contribution in [0.5, 0.6) is 0 Å². The van der Waals surface area contributed by atoms with Gasteiger partial charge in [0.2, 0.25) is 5.91 Å². The van der Waals surface area contributed by atoms with Crippen LogP contribution in [0.1, 0.15) is 22.0 Å². The molecule has 21 heavy (non-hydrogen) atoms. The summed E-state index contributed by atoms with van der Waals surface area (Å²) in [4.78, 5) is 24.3. The molecule has 0 saturated heterocycles. The highest BCUT2D eigenvalue weighted by molar-refractivity contribution is 9.10. The van der Waals surface area contributed by atoms with E-state index >= 15 is 0 Å². The monoisotopic (exact) mass is 346 g/mol. The Morgan fingerprint density at radius 2 is 1.76 bits per heavy atom. The molecule has 0 aromatic heterocycles. The van der Waals surface area contributed by atoms with E-state index in [0.717, 1.165) is 10.0 Å². The summed E-state index contributed by atoms with van der Waals surface area (Å²) in [5, 5.41) is 5.32. The van der Waals surface area contributed by atoms with Crippen LogP contribution in [0.2, 0.25) is 0 Å². The third-order valence-electron chi connectivity index (χ3n) is 3.00. The summed E-state index contributed by atoms with van der Waals surface area (Å²) < 4.78 is 0.811. The van der Waals surface area contributed by atoms with Crippen LogP contribution in [0, 0.1) is 0 Å². The largest absolute Gasteiger partial charge is 0.357 e. The molecule has 2 amide bonds. The normalized spacial score (nSPS) is 11.5. The number of rotatable bonds is 4. The zero-order valence-electron chi connectivity index (χ0n) is 11.5. The molecule has 0 aliphatic carbocycles. The van der Waals surface area contributed by atoms with Crippen molar-refractivity contribution in [1.29, 1.82) is 0 Å². The number of nitrogens with one attached hydrogen (secondary N) is 2. The van der Waals surface area contributed by atoms with E-state index in [1.807, 2.05) is 24.3 Å². The Bertz CT molecular complexity index is 644. The van der Waals surface area contributed by atoms with E-state index in [2.05, 4.69) is 26.6 Å². The van der Waals surface area contributed by atoms with Gasteiger partial charge in [0.05, 0.1) is 0 Å². The average Bonchev–Trinajstić information content (AvgIpc) is 2.52. The molecule has 0 bridgehead atoms. The Morgan fingerprint density at radius 1 is 1.05 bits per heavy atom. The average molecular weight is 347 g/mol. The molecule has 0 aliphatic heterocycles. The van der Waals surface area contributed by atoms with Crippen molar-refractivity contribution < 1.29 is 9.59 Å². The Labute approximate surface area is 131 Å². The first-order valence-electron chi connectivity index (χ1n) is 6.45. The number of benzene rings is 2. The van der Waals surface area contributed by atoms with Gasteiger partial charge in [-0.1, -0.05) is 52.3 Å². The van der Waals surface area contributed by atoms with Gasteiger partial charge in [-0.25, -0.2) is 0 Å². The van der Waals surface area contributed by atoms with Crippen LogP contribution in [0.4, 0.5) is 0 Å². The SMILES string of the molecule is CNC(=O)[C@H](NC(=O)c1cccc(Br)c1)c1ccccc1. The van der Waals surface area contributed by atoms with Crippen LogP contribution in [0.15, 0.2) is 59.1 Å². The van der Waals surface area contributed by atoms with Crippen LogP contribution in [-0.4, -0.2) is 18.9 Å². The summed E-state index contributed by atoms with van der Waals surface area (Å²) in [5.41, 5.74) is 1.23. The first kappa shape index (κ1) is 15.3. The highest BCUT2D eigenvalue weighted by Gasteiger charge is 2.22. The zero-order chi connectivity index (χ0) is 15.2. The standard InChI is InChI=1S/C16H15BrN2O2/c1-18-16(21)14(11-6-3-2-4-7-11)19-15(20)12-8-5-9-13(17)10-12/h2-10,14H,1H3,(H,18,21)(H,19,20)/t14-/m1/s1. The van der Waals surface area contributed by atoms with Crippen LogP contribution in [-0.2, 0) is 4.79 Å². The third kappa shape index (κ3) is 3.92. The molecule has 0 fully saturated rings. The topological polar surface area (TPSA) is 58.2 Å². The van der Waals surface area contributed by atoms with E-state index in [-0.39, 0.29) is 11.8 Å². The van der Waals surface area contributed by atoms with Gasteiger partial charge in [-0.15, -0.1) is 0 Å². The number of hydrogen-bond donors (Lipinski definition) is 2. The number of carbonyl (C=O) groups is 2. The third-order valence-corrected chi connectivity index (χ3v) is 3.50. The molecule has 2 aromatic carbocycles. The minimum absolute atomic E-state index is 0.260. The fourth-order valence-corrected chi connectivity index (χ4v) is 2.33. The lowest BCUT2D eigenvalue weighted by molar-refractivity contribution is -0.122. The maximum absolute atomic E-state index is 12.3. The van der Waals surface area contributed by atoms with Crippen LogP contribution in [0.25, 0.3) is 0 Å². The molecule has 0 radical (unpaired) electrons. The van der Waals surface area contributed by atoms with E-state index in [1.54, 1.807) is 37.4 Å². The van der Waals surface area contributed by atoms with Crippen LogP contribution < -0.4 is 10.6 Å². The van der Waals surface area contributed by atoms with Gasteiger partial charge in [-0.05, 0) is 23.8 Å². The van der Waals surface area contributed by atoms with Crippen molar-refractivity contribution in [2.24, 2.45) is 0 Å². The predicted octanol–water partition coefficient (Wildman–Crippen LogP) is 2.67. The zero-order valence-corrected chi connectivity index (χ0v) is 13.1. The Hall–Kier alpha value is -2.14. The Kier molecular flexibility index (Phi) is 5.11. The first-order valence-corrected chi connectivity index (χ1v) is 7.24. The minimum Gasteiger partial charge on any atom is -0.357 e. The van der Waals surface area contributed by atoms with E-state index in [0.29, 0.717) is 5.56 Å². The molecule has 2 N–H and O–H groups in total. The number of amides is 2. The molecule has 5 heteroatoms. The number of hydrogen-bond acceptors (Lipinski definition) is 2. The lowest BCUT2D eigenvalue weighted by atomic mass is 10.1. The highest BCUT2D eigenvalue weighted by atomic mass is 79.9. The predicted molar refractivity (Wildman–Crippen MR) is 84.9 cm³/mol. The number of carbonyl (C=O) groups excluding carboxylic acids is 2. The highest BCUT2D eigenvalue weighted by Crippen LogP contribution is 2.16. The van der Waals surface area contributed by atoms with Crippen molar-refractivity contribution in [2.75, 3.05) is 7.05 Å². The number of halogens is 1. The molecular weight excluding hydrogens is 332 g/mol. The second-order valence-corrected chi connectivity index (χ2v) is 5.36.